The van der Waals surface area contributed by atoms with E-state index in [1.54, 1.807) is 48.5 Å². The third-order valence-corrected chi connectivity index (χ3v) is 3.65. The minimum atomic E-state index is -1.51. The summed E-state index contributed by atoms with van der Waals surface area (Å²) in [6.45, 7) is 0. The first-order valence-corrected chi connectivity index (χ1v) is 7.57. The van der Waals surface area contributed by atoms with Gasteiger partial charge in [0.2, 0.25) is 0 Å². The Kier molecular flexibility index (Phi) is 6.14. The summed E-state index contributed by atoms with van der Waals surface area (Å²) in [5, 5.41) is 11.7. The Balaban J connectivity index is 2.29. The van der Waals surface area contributed by atoms with Gasteiger partial charge >= 0.3 is 12.0 Å². The van der Waals surface area contributed by atoms with E-state index in [2.05, 4.69) is 4.74 Å². The first-order chi connectivity index (χ1) is 11.5. The van der Waals surface area contributed by atoms with E-state index in [-0.39, 0.29) is 6.42 Å². The first kappa shape index (κ1) is 17.7. The van der Waals surface area contributed by atoms with Gasteiger partial charge in [0.15, 0.2) is 0 Å². The summed E-state index contributed by atoms with van der Waals surface area (Å²) >= 11 is 5.94. The zero-order valence-electron chi connectivity index (χ0n) is 12.9. The molecule has 0 fully saturated rings. The van der Waals surface area contributed by atoms with Gasteiger partial charge in [-0.1, -0.05) is 48.0 Å². The van der Waals surface area contributed by atoms with Crippen LogP contribution in [0, 0.1) is 10.1 Å². The van der Waals surface area contributed by atoms with Crippen molar-refractivity contribution in [1.82, 2.24) is 0 Å². The molecule has 0 spiro atoms. The molecule has 0 saturated heterocycles. The molecule has 0 aliphatic carbocycles. The highest BCUT2D eigenvalue weighted by Crippen LogP contribution is 2.28. The second-order valence-corrected chi connectivity index (χ2v) is 5.47. The smallest absolute Gasteiger partial charge is 0.381 e. The third kappa shape index (κ3) is 4.70. The number of carbonyl (C=O) groups is 1. The zero-order chi connectivity index (χ0) is 17.5. The average Bonchev–Trinajstić information content (AvgIpc) is 2.58. The van der Waals surface area contributed by atoms with Crippen molar-refractivity contribution in [1.29, 1.82) is 0 Å². The molecule has 0 N–H and O–H groups in total. The number of carbonyl (C=O) groups excluding carboxylic acids is 1. The largest absolute Gasteiger partial charge is 0.485 e. The lowest BCUT2D eigenvalue weighted by Gasteiger charge is -2.20. The van der Waals surface area contributed by atoms with Crippen LogP contribution in [-0.4, -0.2) is 24.0 Å². The van der Waals surface area contributed by atoms with Crippen molar-refractivity contribution >= 4 is 17.6 Å². The average molecular weight is 350 g/mol. The summed E-state index contributed by atoms with van der Waals surface area (Å²) in [5.41, 5.74) is 0.716. The van der Waals surface area contributed by atoms with E-state index in [1.807, 2.05) is 6.07 Å². The van der Waals surface area contributed by atoms with Crippen molar-refractivity contribution in [2.45, 2.75) is 18.6 Å². The van der Waals surface area contributed by atoms with Crippen LogP contribution < -0.4 is 4.74 Å². The number of nitro groups is 1. The number of halogens is 1. The van der Waals surface area contributed by atoms with Gasteiger partial charge in [0.05, 0.1) is 13.5 Å². The lowest BCUT2D eigenvalue weighted by Crippen LogP contribution is -2.33. The molecule has 6 nitrogen and oxygen atoms in total. The standard InChI is InChI=1S/C17H16ClNO5/c1-23-17(20)15(19(21)22)11-16(12-6-3-2-4-7-12)24-14-9-5-8-13(18)10-14/h2-10,15-16H,11H2,1H3. The van der Waals surface area contributed by atoms with Gasteiger partial charge in [0.25, 0.3) is 0 Å². The summed E-state index contributed by atoms with van der Waals surface area (Å²) in [6.07, 6.45) is -0.852. The lowest BCUT2D eigenvalue weighted by molar-refractivity contribution is -0.512. The van der Waals surface area contributed by atoms with E-state index >= 15 is 0 Å². The third-order valence-electron chi connectivity index (χ3n) is 3.41. The number of methoxy groups -OCH3 is 1. The van der Waals surface area contributed by atoms with Crippen LogP contribution in [0.5, 0.6) is 5.75 Å². The zero-order valence-corrected chi connectivity index (χ0v) is 13.7. The Morgan fingerprint density at radius 3 is 2.50 bits per heavy atom. The Bertz CT molecular complexity index is 707. The monoisotopic (exact) mass is 349 g/mol. The maximum absolute atomic E-state index is 11.7. The predicted octanol–water partition coefficient (Wildman–Crippen LogP) is 3.67. The molecule has 0 heterocycles. The number of nitrogens with zero attached hydrogens (tertiary/aromatic N) is 1. The van der Waals surface area contributed by atoms with Crippen LogP contribution in [0.1, 0.15) is 18.1 Å². The number of rotatable bonds is 7. The van der Waals surface area contributed by atoms with Crippen LogP contribution in [-0.2, 0) is 9.53 Å². The molecule has 2 aromatic rings. The molecule has 0 aliphatic heterocycles. The normalized spacial score (nSPS) is 12.9. The highest BCUT2D eigenvalue weighted by molar-refractivity contribution is 6.30. The quantitative estimate of drug-likeness (QED) is 0.433. The van der Waals surface area contributed by atoms with Gasteiger partial charge in [-0.25, -0.2) is 4.79 Å². The fourth-order valence-electron chi connectivity index (χ4n) is 2.23. The number of esters is 1. The van der Waals surface area contributed by atoms with Gasteiger partial charge in [-0.2, -0.15) is 0 Å². The van der Waals surface area contributed by atoms with Gasteiger partial charge in [0.1, 0.15) is 11.9 Å². The van der Waals surface area contributed by atoms with Crippen LogP contribution in [0.3, 0.4) is 0 Å². The topological polar surface area (TPSA) is 78.7 Å². The molecular weight excluding hydrogens is 334 g/mol. The Hall–Kier alpha value is -2.60. The summed E-state index contributed by atoms with van der Waals surface area (Å²) in [4.78, 5) is 22.2. The van der Waals surface area contributed by atoms with Gasteiger partial charge in [0, 0.05) is 9.95 Å². The van der Waals surface area contributed by atoms with E-state index in [4.69, 9.17) is 16.3 Å². The highest BCUT2D eigenvalue weighted by Gasteiger charge is 2.35. The molecule has 0 radical (unpaired) electrons. The maximum Gasteiger partial charge on any atom is 0.381 e. The Morgan fingerprint density at radius 1 is 1.21 bits per heavy atom. The molecular formula is C17H16ClNO5. The molecule has 24 heavy (non-hydrogen) atoms. The van der Waals surface area contributed by atoms with E-state index < -0.39 is 23.0 Å². The number of hydrogen-bond acceptors (Lipinski definition) is 5. The van der Waals surface area contributed by atoms with Gasteiger partial charge in [-0.05, 0) is 23.8 Å². The molecule has 2 aromatic carbocycles. The molecule has 0 aliphatic rings. The predicted molar refractivity (Wildman–Crippen MR) is 88.7 cm³/mol. The summed E-state index contributed by atoms with van der Waals surface area (Å²) in [7, 11) is 1.12. The van der Waals surface area contributed by atoms with Crippen LogP contribution in [0.2, 0.25) is 5.02 Å². The van der Waals surface area contributed by atoms with Crippen LogP contribution in [0.4, 0.5) is 0 Å². The molecule has 0 amide bonds. The van der Waals surface area contributed by atoms with Crippen LogP contribution in [0.15, 0.2) is 54.6 Å². The van der Waals surface area contributed by atoms with Crippen molar-refractivity contribution in [3.8, 4) is 5.75 Å². The van der Waals surface area contributed by atoms with E-state index in [0.717, 1.165) is 7.11 Å². The second-order valence-electron chi connectivity index (χ2n) is 5.03. The van der Waals surface area contributed by atoms with Gasteiger partial charge in [-0.3, -0.25) is 10.1 Å². The Morgan fingerprint density at radius 2 is 1.92 bits per heavy atom. The second kappa shape index (κ2) is 8.31. The molecule has 2 unspecified atom stereocenters. The highest BCUT2D eigenvalue weighted by atomic mass is 35.5. The van der Waals surface area contributed by atoms with Crippen molar-refractivity contribution in [2.75, 3.05) is 7.11 Å². The van der Waals surface area contributed by atoms with E-state index in [1.165, 1.54) is 0 Å². The number of hydrogen-bond donors (Lipinski definition) is 0. The molecule has 7 heteroatoms. The van der Waals surface area contributed by atoms with Crippen molar-refractivity contribution in [3.63, 3.8) is 0 Å². The summed E-state index contributed by atoms with van der Waals surface area (Å²) < 4.78 is 10.4. The van der Waals surface area contributed by atoms with Crippen LogP contribution in [0.25, 0.3) is 0 Å². The minimum absolute atomic E-state index is 0.157. The number of benzene rings is 2. The van der Waals surface area contributed by atoms with Crippen molar-refractivity contribution < 1.29 is 19.2 Å². The molecule has 0 aromatic heterocycles. The summed E-state index contributed by atoms with van der Waals surface area (Å²) in [6, 6.07) is 14.2. The van der Waals surface area contributed by atoms with Crippen molar-refractivity contribution in [2.24, 2.45) is 0 Å². The number of ether oxygens (including phenoxy) is 2. The Labute approximate surface area is 144 Å². The van der Waals surface area contributed by atoms with Gasteiger partial charge in [-0.15, -0.1) is 0 Å². The molecule has 126 valence electrons. The van der Waals surface area contributed by atoms with Crippen molar-refractivity contribution in [3.05, 3.63) is 75.3 Å². The van der Waals surface area contributed by atoms with Crippen LogP contribution >= 0.6 is 11.6 Å². The SMILES string of the molecule is COC(=O)C(CC(Oc1cccc(Cl)c1)c1ccccc1)[N+](=O)[O-]. The molecule has 0 bridgehead atoms. The van der Waals surface area contributed by atoms with E-state index in [9.17, 15) is 14.9 Å². The molecule has 2 atom stereocenters. The van der Waals surface area contributed by atoms with Gasteiger partial charge < -0.3 is 9.47 Å². The molecule has 0 saturated carbocycles. The van der Waals surface area contributed by atoms with E-state index in [0.29, 0.717) is 16.3 Å². The summed E-state index contributed by atoms with van der Waals surface area (Å²) in [5.74, 6) is -0.445. The molecule has 2 rings (SSSR count). The fraction of sp³-hybridized carbons (Fsp3) is 0.235. The fourth-order valence-corrected chi connectivity index (χ4v) is 2.41. The maximum atomic E-state index is 11.7. The first-order valence-electron chi connectivity index (χ1n) is 7.19. The lowest BCUT2D eigenvalue weighted by atomic mass is 10.0. The minimum Gasteiger partial charge on any atom is -0.485 e.